The molecule has 1 N–H and O–H groups in total. The summed E-state index contributed by atoms with van der Waals surface area (Å²) in [5.74, 6) is 0.0689. The van der Waals surface area contributed by atoms with Crippen LogP contribution in [0.1, 0.15) is 37.1 Å². The molecule has 0 saturated carbocycles. The summed E-state index contributed by atoms with van der Waals surface area (Å²) in [5.41, 5.74) is 3.92. The highest BCUT2D eigenvalue weighted by molar-refractivity contribution is 8.01. The number of aryl methyl sites for hydroxylation is 2. The minimum atomic E-state index is -0.174. The van der Waals surface area contributed by atoms with E-state index >= 15 is 0 Å². The fourth-order valence-electron chi connectivity index (χ4n) is 2.55. The molecule has 1 heterocycles. The molecule has 2 amide bonds. The highest BCUT2D eigenvalue weighted by Crippen LogP contribution is 2.23. The minimum Gasteiger partial charge on any atom is -0.330 e. The largest absolute Gasteiger partial charge is 0.330 e. The van der Waals surface area contributed by atoms with Gasteiger partial charge in [0.15, 0.2) is 4.34 Å². The van der Waals surface area contributed by atoms with Crippen LogP contribution in [-0.4, -0.2) is 40.0 Å². The van der Waals surface area contributed by atoms with Crippen LogP contribution in [0.15, 0.2) is 27.9 Å². The van der Waals surface area contributed by atoms with Gasteiger partial charge in [-0.2, -0.15) is 0 Å². The van der Waals surface area contributed by atoms with E-state index in [1.807, 2.05) is 58.2 Å². The number of benzene rings is 1. The normalized spacial score (nSPS) is 11.9. The summed E-state index contributed by atoms with van der Waals surface area (Å²) in [6.45, 7) is 9.98. The second-order valence-corrected chi connectivity index (χ2v) is 8.70. The molecule has 0 fully saturated rings. The first-order valence-electron chi connectivity index (χ1n) is 9.02. The molecule has 5 nitrogen and oxygen atoms in total. The van der Waals surface area contributed by atoms with Crippen molar-refractivity contribution in [1.29, 1.82) is 0 Å². The van der Waals surface area contributed by atoms with E-state index in [0.29, 0.717) is 0 Å². The number of hydrogen-bond donors (Lipinski definition) is 1. The molecule has 0 saturated heterocycles. The van der Waals surface area contributed by atoms with Gasteiger partial charge in [0.2, 0.25) is 11.8 Å². The van der Waals surface area contributed by atoms with Gasteiger partial charge >= 0.3 is 0 Å². The van der Waals surface area contributed by atoms with E-state index in [4.69, 9.17) is 0 Å². The van der Waals surface area contributed by atoms with Gasteiger partial charge in [0, 0.05) is 22.8 Å². The second-order valence-electron chi connectivity index (χ2n) is 6.62. The predicted molar refractivity (Wildman–Crippen MR) is 114 cm³/mol. The van der Waals surface area contributed by atoms with Crippen LogP contribution in [0.5, 0.6) is 0 Å². The summed E-state index contributed by atoms with van der Waals surface area (Å²) >= 11 is 2.96. The zero-order valence-electron chi connectivity index (χ0n) is 16.5. The lowest BCUT2D eigenvalue weighted by molar-refractivity contribution is -0.134. The molecule has 0 aliphatic heterocycles. The molecule has 0 aliphatic carbocycles. The molecule has 146 valence electrons. The van der Waals surface area contributed by atoms with Crippen molar-refractivity contribution in [2.24, 2.45) is 0 Å². The van der Waals surface area contributed by atoms with Gasteiger partial charge in [0.05, 0.1) is 5.75 Å². The lowest BCUT2D eigenvalue weighted by Gasteiger charge is -2.28. The van der Waals surface area contributed by atoms with Gasteiger partial charge in [-0.15, -0.1) is 11.3 Å². The molecule has 1 aromatic carbocycles. The Morgan fingerprint density at radius 3 is 2.67 bits per heavy atom. The van der Waals surface area contributed by atoms with Gasteiger partial charge in [-0.05, 0) is 51.3 Å². The molecule has 1 atom stereocenters. The smallest absolute Gasteiger partial charge is 0.244 e. The van der Waals surface area contributed by atoms with Crippen LogP contribution in [-0.2, 0) is 9.59 Å². The van der Waals surface area contributed by atoms with Crippen molar-refractivity contribution in [3.05, 3.63) is 40.4 Å². The van der Waals surface area contributed by atoms with Crippen LogP contribution < -0.4 is 5.32 Å². The summed E-state index contributed by atoms with van der Waals surface area (Å²) in [6, 6.07) is 5.82. The average Bonchev–Trinajstić information content (AvgIpc) is 3.06. The van der Waals surface area contributed by atoms with Gasteiger partial charge in [0.1, 0.15) is 6.54 Å². The second kappa shape index (κ2) is 9.90. The van der Waals surface area contributed by atoms with Crippen LogP contribution in [0, 0.1) is 20.8 Å². The third-order valence-corrected chi connectivity index (χ3v) is 6.68. The van der Waals surface area contributed by atoms with Crippen LogP contribution in [0.3, 0.4) is 0 Å². The van der Waals surface area contributed by atoms with Crippen molar-refractivity contribution in [1.82, 2.24) is 9.88 Å². The molecule has 0 bridgehead atoms. The number of nitrogens with one attached hydrogen (secondary N) is 1. The van der Waals surface area contributed by atoms with Crippen molar-refractivity contribution >= 4 is 40.6 Å². The number of hydrogen-bond acceptors (Lipinski definition) is 5. The average molecular weight is 406 g/mol. The summed E-state index contributed by atoms with van der Waals surface area (Å²) in [7, 11) is 0. The Balaban J connectivity index is 2.01. The lowest BCUT2D eigenvalue weighted by Crippen LogP contribution is -2.44. The van der Waals surface area contributed by atoms with Crippen molar-refractivity contribution in [2.45, 2.75) is 51.4 Å². The van der Waals surface area contributed by atoms with Crippen LogP contribution in [0.25, 0.3) is 0 Å². The molecule has 1 aromatic heterocycles. The number of carbonyl (C=O) groups excluding carboxylic acids is 2. The van der Waals surface area contributed by atoms with E-state index in [0.717, 1.165) is 33.3 Å². The Labute approximate surface area is 169 Å². The van der Waals surface area contributed by atoms with Crippen molar-refractivity contribution < 1.29 is 9.59 Å². The van der Waals surface area contributed by atoms with E-state index in [2.05, 4.69) is 10.3 Å². The van der Waals surface area contributed by atoms with E-state index in [-0.39, 0.29) is 30.2 Å². The summed E-state index contributed by atoms with van der Waals surface area (Å²) in [6.07, 6.45) is 0.795. The van der Waals surface area contributed by atoms with E-state index in [1.165, 1.54) is 23.1 Å². The fraction of sp³-hybridized carbons (Fsp3) is 0.450. The first kappa shape index (κ1) is 21.4. The topological polar surface area (TPSA) is 62.3 Å². The molecule has 27 heavy (non-hydrogen) atoms. The summed E-state index contributed by atoms with van der Waals surface area (Å²) in [5, 5.41) is 4.91. The van der Waals surface area contributed by atoms with Crippen molar-refractivity contribution in [3.8, 4) is 0 Å². The molecule has 7 heteroatoms. The Kier molecular flexibility index (Phi) is 7.86. The van der Waals surface area contributed by atoms with Gasteiger partial charge in [-0.1, -0.05) is 30.8 Å². The third-order valence-electron chi connectivity index (χ3n) is 4.55. The number of thiazole rings is 1. The number of anilines is 1. The summed E-state index contributed by atoms with van der Waals surface area (Å²) in [4.78, 5) is 31.3. The number of rotatable bonds is 8. The maximum absolute atomic E-state index is 12.7. The Morgan fingerprint density at radius 1 is 1.30 bits per heavy atom. The third kappa shape index (κ3) is 6.07. The lowest BCUT2D eigenvalue weighted by atomic mass is 10.1. The molecule has 0 radical (unpaired) electrons. The Morgan fingerprint density at radius 2 is 2.04 bits per heavy atom. The molecular formula is C20H27N3O2S2. The molecule has 0 aliphatic rings. The van der Waals surface area contributed by atoms with E-state index in [1.54, 1.807) is 4.90 Å². The Hall–Kier alpha value is -1.86. The Bertz CT molecular complexity index is 804. The molecule has 0 unspecified atom stereocenters. The first-order valence-corrected chi connectivity index (χ1v) is 10.9. The maximum Gasteiger partial charge on any atom is 0.244 e. The predicted octanol–water partition coefficient (Wildman–Crippen LogP) is 4.43. The van der Waals surface area contributed by atoms with E-state index < -0.39 is 0 Å². The number of carbonyl (C=O) groups is 2. The fourth-order valence-corrected chi connectivity index (χ4v) is 4.28. The monoisotopic (exact) mass is 405 g/mol. The van der Waals surface area contributed by atoms with Gasteiger partial charge in [-0.25, -0.2) is 4.98 Å². The first-order chi connectivity index (χ1) is 12.8. The zero-order valence-corrected chi connectivity index (χ0v) is 18.2. The van der Waals surface area contributed by atoms with Crippen molar-refractivity contribution in [3.63, 3.8) is 0 Å². The molecule has 0 spiro atoms. The minimum absolute atomic E-state index is 0.000451. The number of thioether (sulfide) groups is 1. The highest BCUT2D eigenvalue weighted by Gasteiger charge is 2.22. The maximum atomic E-state index is 12.7. The number of amides is 2. The molecule has 2 rings (SSSR count). The standard InChI is InChI=1S/C20H27N3O2S2/c1-6-15(4)23(19(25)12-27-20-21-14(3)11-26-20)10-18(24)22-17-9-7-8-13(2)16(17)5/h7-9,11,15H,6,10,12H2,1-5H3,(H,22,24)/t15-/m0/s1. The van der Waals surface area contributed by atoms with Crippen LogP contribution in [0.4, 0.5) is 5.69 Å². The van der Waals surface area contributed by atoms with E-state index in [9.17, 15) is 9.59 Å². The highest BCUT2D eigenvalue weighted by atomic mass is 32.2. The van der Waals surface area contributed by atoms with Crippen molar-refractivity contribution in [2.75, 3.05) is 17.6 Å². The van der Waals surface area contributed by atoms with Gasteiger partial charge < -0.3 is 10.2 Å². The summed E-state index contributed by atoms with van der Waals surface area (Å²) < 4.78 is 0.879. The van der Waals surface area contributed by atoms with Crippen LogP contribution in [0.2, 0.25) is 0 Å². The van der Waals surface area contributed by atoms with Gasteiger partial charge in [0.25, 0.3) is 0 Å². The molecular weight excluding hydrogens is 378 g/mol. The SMILES string of the molecule is CC[C@H](C)N(CC(=O)Nc1cccc(C)c1C)C(=O)CSc1nc(C)cs1. The molecule has 2 aromatic rings. The number of aromatic nitrogens is 1. The number of nitrogens with zero attached hydrogens (tertiary/aromatic N) is 2. The van der Waals surface area contributed by atoms with Gasteiger partial charge in [-0.3, -0.25) is 9.59 Å². The zero-order chi connectivity index (χ0) is 20.0. The quantitative estimate of drug-likeness (QED) is 0.660. The van der Waals surface area contributed by atoms with Crippen LogP contribution >= 0.6 is 23.1 Å².